The highest BCUT2D eigenvalue weighted by Crippen LogP contribution is 2.38. The third kappa shape index (κ3) is 4.12. The number of hydrogen-bond donors (Lipinski definition) is 1. The molecule has 0 radical (unpaired) electrons. The van der Waals surface area contributed by atoms with Gasteiger partial charge in [0.1, 0.15) is 0 Å². The first-order valence-corrected chi connectivity index (χ1v) is 7.72. The van der Waals surface area contributed by atoms with Gasteiger partial charge in [0.15, 0.2) is 5.69 Å². The third-order valence-corrected chi connectivity index (χ3v) is 3.49. The maximum atomic E-state index is 11.9. The van der Waals surface area contributed by atoms with E-state index >= 15 is 0 Å². The lowest BCUT2D eigenvalue weighted by Crippen LogP contribution is -2.09. The topological polar surface area (TPSA) is 125 Å². The molecule has 9 heteroatoms. The van der Waals surface area contributed by atoms with E-state index in [0.29, 0.717) is 5.69 Å². The van der Waals surface area contributed by atoms with Crippen LogP contribution in [0.1, 0.15) is 28.4 Å². The van der Waals surface area contributed by atoms with Gasteiger partial charge in [0.25, 0.3) is 0 Å². The van der Waals surface area contributed by atoms with Crippen LogP contribution in [0, 0.1) is 34.1 Å². The molecular formula is C17H17N3O6. The van der Waals surface area contributed by atoms with E-state index in [1.165, 1.54) is 0 Å². The molecule has 0 aliphatic rings. The number of nitro benzene ring substituents is 2. The number of carbonyl (C=O) groups excluding carboxylic acids is 1. The summed E-state index contributed by atoms with van der Waals surface area (Å²) in [5, 5.41) is 25.6. The van der Waals surface area contributed by atoms with Crippen molar-refractivity contribution in [3.63, 3.8) is 0 Å². The first-order valence-electron chi connectivity index (χ1n) is 7.72. The minimum absolute atomic E-state index is 0.0446. The summed E-state index contributed by atoms with van der Waals surface area (Å²) in [6.45, 7) is 5.29. The highest BCUT2D eigenvalue weighted by atomic mass is 16.6. The van der Waals surface area contributed by atoms with Crippen LogP contribution in [0.3, 0.4) is 0 Å². The van der Waals surface area contributed by atoms with Crippen molar-refractivity contribution in [1.29, 1.82) is 0 Å². The molecule has 0 unspecified atom stereocenters. The quantitative estimate of drug-likeness (QED) is 0.469. The van der Waals surface area contributed by atoms with Crippen LogP contribution in [0.5, 0.6) is 0 Å². The van der Waals surface area contributed by atoms with Crippen LogP contribution in [-0.4, -0.2) is 22.4 Å². The summed E-state index contributed by atoms with van der Waals surface area (Å²) in [5.41, 5.74) is 0.539. The molecule has 1 N–H and O–H groups in total. The van der Waals surface area contributed by atoms with Gasteiger partial charge >= 0.3 is 17.3 Å². The second kappa shape index (κ2) is 7.60. The van der Waals surface area contributed by atoms with Crippen LogP contribution in [-0.2, 0) is 4.74 Å². The Morgan fingerprint density at radius 2 is 1.50 bits per heavy atom. The van der Waals surface area contributed by atoms with Gasteiger partial charge in [-0.15, -0.1) is 0 Å². The molecule has 136 valence electrons. The minimum atomic E-state index is -0.864. The van der Waals surface area contributed by atoms with E-state index in [0.717, 1.165) is 23.3 Å². The predicted molar refractivity (Wildman–Crippen MR) is 94.9 cm³/mol. The Morgan fingerprint density at radius 1 is 1.00 bits per heavy atom. The van der Waals surface area contributed by atoms with Gasteiger partial charge in [-0.3, -0.25) is 20.2 Å². The van der Waals surface area contributed by atoms with Crippen molar-refractivity contribution < 1.29 is 19.4 Å². The first kappa shape index (κ1) is 18.8. The van der Waals surface area contributed by atoms with Crippen LogP contribution in [0.25, 0.3) is 0 Å². The summed E-state index contributed by atoms with van der Waals surface area (Å²) in [6, 6.07) is 7.25. The highest BCUT2D eigenvalue weighted by Gasteiger charge is 2.29. The number of hydrogen-bond acceptors (Lipinski definition) is 7. The fourth-order valence-corrected chi connectivity index (χ4v) is 2.55. The number of rotatable bonds is 6. The van der Waals surface area contributed by atoms with E-state index in [-0.39, 0.29) is 17.9 Å². The molecule has 0 amide bonds. The van der Waals surface area contributed by atoms with Crippen LogP contribution in [0.2, 0.25) is 0 Å². The van der Waals surface area contributed by atoms with E-state index in [2.05, 4.69) is 5.32 Å². The Morgan fingerprint density at radius 3 is 1.92 bits per heavy atom. The molecule has 0 saturated heterocycles. The molecule has 0 spiro atoms. The van der Waals surface area contributed by atoms with E-state index in [9.17, 15) is 25.0 Å². The van der Waals surface area contributed by atoms with Crippen molar-refractivity contribution in [3.8, 4) is 0 Å². The monoisotopic (exact) mass is 359 g/mol. The lowest BCUT2D eigenvalue weighted by Gasteiger charge is -2.11. The number of nitrogens with zero attached hydrogens (tertiary/aromatic N) is 2. The van der Waals surface area contributed by atoms with Crippen molar-refractivity contribution in [3.05, 3.63) is 67.3 Å². The maximum absolute atomic E-state index is 11.9. The molecule has 0 saturated carbocycles. The Labute approximate surface area is 148 Å². The predicted octanol–water partition coefficient (Wildman–Crippen LogP) is 4.04. The number of aryl methyl sites for hydroxylation is 2. The molecule has 0 heterocycles. The number of esters is 1. The molecule has 2 rings (SSSR count). The van der Waals surface area contributed by atoms with E-state index in [4.69, 9.17) is 4.74 Å². The number of nitrogens with one attached hydrogen (secondary N) is 1. The van der Waals surface area contributed by atoms with Crippen molar-refractivity contribution >= 4 is 28.7 Å². The first-order chi connectivity index (χ1) is 12.2. The van der Waals surface area contributed by atoms with Crippen LogP contribution >= 0.6 is 0 Å². The fourth-order valence-electron chi connectivity index (χ4n) is 2.55. The molecule has 0 bridgehead atoms. The largest absolute Gasteiger partial charge is 0.462 e. The molecule has 0 fully saturated rings. The Hall–Kier alpha value is -3.49. The molecule has 26 heavy (non-hydrogen) atoms. The van der Waals surface area contributed by atoms with Gasteiger partial charge in [-0.05, 0) is 44.0 Å². The lowest BCUT2D eigenvalue weighted by molar-refractivity contribution is -0.392. The van der Waals surface area contributed by atoms with Gasteiger partial charge < -0.3 is 10.1 Å². The van der Waals surface area contributed by atoms with Gasteiger partial charge in [-0.1, -0.05) is 6.07 Å². The molecule has 9 nitrogen and oxygen atoms in total. The zero-order valence-corrected chi connectivity index (χ0v) is 14.4. The average molecular weight is 359 g/mol. The average Bonchev–Trinajstić information content (AvgIpc) is 2.53. The molecule has 2 aromatic carbocycles. The third-order valence-electron chi connectivity index (χ3n) is 3.49. The van der Waals surface area contributed by atoms with Crippen LogP contribution in [0.4, 0.5) is 22.7 Å². The van der Waals surface area contributed by atoms with Crippen LogP contribution < -0.4 is 5.32 Å². The second-order valence-corrected chi connectivity index (χ2v) is 5.63. The maximum Gasteiger partial charge on any atom is 0.338 e. The number of anilines is 2. The molecular weight excluding hydrogens is 342 g/mol. The smallest absolute Gasteiger partial charge is 0.338 e. The number of ether oxygens (including phenoxy) is 1. The standard InChI is InChI=1S/C17H17N3O6/c1-4-26-17(21)12-8-14(19(22)23)16(15(9-12)20(24)25)18-13-6-10(2)5-11(3)7-13/h5-9,18H,4H2,1-3H3. The summed E-state index contributed by atoms with van der Waals surface area (Å²) < 4.78 is 4.78. The van der Waals surface area contributed by atoms with Gasteiger partial charge in [-0.2, -0.15) is 0 Å². The number of nitro groups is 2. The minimum Gasteiger partial charge on any atom is -0.462 e. The number of carbonyl (C=O) groups is 1. The SMILES string of the molecule is CCOC(=O)c1cc([N+](=O)[O-])c(Nc2cc(C)cc(C)c2)c([N+](=O)[O-])c1. The molecule has 0 aliphatic carbocycles. The summed E-state index contributed by atoms with van der Waals surface area (Å²) in [6.07, 6.45) is 0. The van der Waals surface area contributed by atoms with Crippen molar-refractivity contribution in [2.45, 2.75) is 20.8 Å². The Kier molecular flexibility index (Phi) is 5.51. The van der Waals surface area contributed by atoms with Crippen LogP contribution in [0.15, 0.2) is 30.3 Å². The lowest BCUT2D eigenvalue weighted by atomic mass is 10.1. The molecule has 0 aliphatic heterocycles. The summed E-state index contributed by atoms with van der Waals surface area (Å²) in [7, 11) is 0. The van der Waals surface area contributed by atoms with Gasteiger partial charge in [0.2, 0.25) is 0 Å². The summed E-state index contributed by atoms with van der Waals surface area (Å²) >= 11 is 0. The van der Waals surface area contributed by atoms with Gasteiger partial charge in [0.05, 0.1) is 22.0 Å². The Bertz CT molecular complexity index is 839. The number of benzene rings is 2. The Balaban J connectivity index is 2.64. The highest BCUT2D eigenvalue weighted by molar-refractivity contribution is 5.94. The zero-order valence-electron chi connectivity index (χ0n) is 14.4. The van der Waals surface area contributed by atoms with E-state index in [1.807, 2.05) is 19.9 Å². The summed E-state index contributed by atoms with van der Waals surface area (Å²) in [5.74, 6) is -0.864. The van der Waals surface area contributed by atoms with E-state index < -0.39 is 27.2 Å². The molecule has 2 aromatic rings. The van der Waals surface area contributed by atoms with Gasteiger partial charge in [0, 0.05) is 17.8 Å². The zero-order chi connectivity index (χ0) is 19.4. The van der Waals surface area contributed by atoms with Crippen molar-refractivity contribution in [2.75, 3.05) is 11.9 Å². The second-order valence-electron chi connectivity index (χ2n) is 5.63. The molecule has 0 aromatic heterocycles. The van der Waals surface area contributed by atoms with Gasteiger partial charge in [-0.25, -0.2) is 4.79 Å². The van der Waals surface area contributed by atoms with E-state index in [1.54, 1.807) is 19.1 Å². The van der Waals surface area contributed by atoms with Crippen molar-refractivity contribution in [1.82, 2.24) is 0 Å². The summed E-state index contributed by atoms with van der Waals surface area (Å²) in [4.78, 5) is 33.2. The molecule has 0 atom stereocenters. The normalized spacial score (nSPS) is 10.3. The van der Waals surface area contributed by atoms with Crippen molar-refractivity contribution in [2.24, 2.45) is 0 Å². The fraction of sp³-hybridized carbons (Fsp3) is 0.235.